The highest BCUT2D eigenvalue weighted by Gasteiger charge is 2.21. The summed E-state index contributed by atoms with van der Waals surface area (Å²) in [7, 11) is 0. The molecule has 0 unspecified atom stereocenters. The first-order valence-electron chi connectivity index (χ1n) is 12.5. The first-order chi connectivity index (χ1) is 17.6. The highest BCUT2D eigenvalue weighted by atomic mass is 16.6. The summed E-state index contributed by atoms with van der Waals surface area (Å²) in [4.78, 5) is 31.0. The predicted octanol–water partition coefficient (Wildman–Crippen LogP) is 3.20. The molecule has 4 heterocycles. The molecule has 2 aliphatic heterocycles. The number of carbonyl (C=O) groups excluding carboxylic acids is 2. The summed E-state index contributed by atoms with van der Waals surface area (Å²) in [5, 5.41) is 14.2. The number of hydrogen-bond donors (Lipinski definition) is 3. The molecule has 0 spiro atoms. The van der Waals surface area contributed by atoms with Gasteiger partial charge in [0.15, 0.2) is 5.65 Å². The van der Waals surface area contributed by atoms with Crippen LogP contribution in [0.15, 0.2) is 48.7 Å². The lowest BCUT2D eigenvalue weighted by Gasteiger charge is -2.25. The van der Waals surface area contributed by atoms with Crippen LogP contribution in [0.1, 0.15) is 42.1 Å². The summed E-state index contributed by atoms with van der Waals surface area (Å²) >= 11 is 0. The number of benzene rings is 1. The Balaban J connectivity index is 1.26. The molecule has 3 N–H and O–H groups in total. The van der Waals surface area contributed by atoms with E-state index in [0.717, 1.165) is 48.4 Å². The van der Waals surface area contributed by atoms with Gasteiger partial charge >= 0.3 is 6.09 Å². The molecule has 10 nitrogen and oxygen atoms in total. The maximum atomic E-state index is 12.6. The van der Waals surface area contributed by atoms with Crippen molar-refractivity contribution >= 4 is 34.9 Å². The zero-order valence-corrected chi connectivity index (χ0v) is 20.4. The van der Waals surface area contributed by atoms with Crippen molar-refractivity contribution in [1.82, 2.24) is 30.1 Å². The summed E-state index contributed by atoms with van der Waals surface area (Å²) in [5.74, 6) is 0.408. The molecule has 0 bridgehead atoms. The Bertz CT molecular complexity index is 1260. The number of nitrogens with one attached hydrogen (secondary N) is 3. The summed E-state index contributed by atoms with van der Waals surface area (Å²) in [5.41, 5.74) is 4.28. The number of fused-ring (bicyclic) bond motifs is 1. The number of amides is 2. The number of piperidine rings is 1. The van der Waals surface area contributed by atoms with Crippen molar-refractivity contribution in [3.63, 3.8) is 0 Å². The van der Waals surface area contributed by atoms with Crippen molar-refractivity contribution < 1.29 is 14.3 Å². The number of nitrogens with zero attached hydrogens (tertiary/aromatic N) is 4. The third-order valence-electron chi connectivity index (χ3n) is 6.48. The third kappa shape index (κ3) is 5.33. The molecule has 2 amide bonds. The van der Waals surface area contributed by atoms with Gasteiger partial charge in [-0.3, -0.25) is 4.79 Å². The van der Waals surface area contributed by atoms with Gasteiger partial charge in [-0.05, 0) is 74.7 Å². The van der Waals surface area contributed by atoms with Gasteiger partial charge in [0.05, 0.1) is 6.61 Å². The fourth-order valence-corrected chi connectivity index (χ4v) is 4.58. The van der Waals surface area contributed by atoms with Crippen LogP contribution in [0.2, 0.25) is 0 Å². The fraction of sp³-hybridized carbons (Fsp3) is 0.385. The third-order valence-corrected chi connectivity index (χ3v) is 6.48. The van der Waals surface area contributed by atoms with Gasteiger partial charge in [0.1, 0.15) is 0 Å². The highest BCUT2D eigenvalue weighted by Crippen LogP contribution is 2.26. The van der Waals surface area contributed by atoms with Gasteiger partial charge in [0.2, 0.25) is 5.95 Å². The lowest BCUT2D eigenvalue weighted by Crippen LogP contribution is -2.45. The molecule has 1 aromatic carbocycles. The van der Waals surface area contributed by atoms with Crippen LogP contribution in [0.3, 0.4) is 0 Å². The number of carbonyl (C=O) groups is 2. The van der Waals surface area contributed by atoms with Crippen molar-refractivity contribution in [1.29, 1.82) is 0 Å². The molecule has 1 fully saturated rings. The van der Waals surface area contributed by atoms with Crippen molar-refractivity contribution in [2.45, 2.75) is 32.2 Å². The second-order valence-electron chi connectivity index (χ2n) is 8.97. The lowest BCUT2D eigenvalue weighted by molar-refractivity contribution is 0.0930. The molecular weight excluding hydrogens is 458 g/mol. The molecule has 2 aromatic heterocycles. The minimum atomic E-state index is -0.283. The monoisotopic (exact) mass is 489 g/mol. The van der Waals surface area contributed by atoms with Crippen LogP contribution in [-0.4, -0.2) is 70.3 Å². The number of aromatic nitrogens is 3. The van der Waals surface area contributed by atoms with Gasteiger partial charge in [-0.25, -0.2) is 9.31 Å². The zero-order valence-electron chi connectivity index (χ0n) is 20.4. The van der Waals surface area contributed by atoms with Crippen LogP contribution in [0.4, 0.5) is 16.4 Å². The van der Waals surface area contributed by atoms with E-state index in [1.807, 2.05) is 43.5 Å². The molecule has 10 heteroatoms. The second-order valence-corrected chi connectivity index (χ2v) is 8.97. The lowest BCUT2D eigenvalue weighted by atomic mass is 10.0. The Morgan fingerprint density at radius 3 is 2.81 bits per heavy atom. The molecule has 0 radical (unpaired) electrons. The Kier molecular flexibility index (Phi) is 7.13. The molecule has 1 saturated heterocycles. The number of ether oxygens (including phenoxy) is 1. The molecular formula is C26H31N7O3. The largest absolute Gasteiger partial charge is 0.450 e. The first-order valence-corrected chi connectivity index (χ1v) is 12.5. The summed E-state index contributed by atoms with van der Waals surface area (Å²) < 4.78 is 6.85. The van der Waals surface area contributed by atoms with Crippen molar-refractivity contribution in [2.75, 3.05) is 38.1 Å². The Hall–Kier alpha value is -3.92. The molecule has 2 aliphatic rings. The van der Waals surface area contributed by atoms with E-state index in [4.69, 9.17) is 9.72 Å². The van der Waals surface area contributed by atoms with Crippen molar-refractivity contribution in [3.8, 4) is 0 Å². The normalized spacial score (nSPS) is 18.0. The van der Waals surface area contributed by atoms with Gasteiger partial charge in [-0.15, -0.1) is 5.10 Å². The molecule has 3 aromatic rings. The van der Waals surface area contributed by atoms with Gasteiger partial charge in [0, 0.05) is 48.7 Å². The van der Waals surface area contributed by atoms with Crippen LogP contribution in [0.25, 0.3) is 11.2 Å². The highest BCUT2D eigenvalue weighted by molar-refractivity contribution is 5.94. The van der Waals surface area contributed by atoms with Crippen LogP contribution in [0, 0.1) is 0 Å². The van der Waals surface area contributed by atoms with Crippen molar-refractivity contribution in [3.05, 3.63) is 59.8 Å². The number of hydrogen-bond acceptors (Lipinski definition) is 7. The van der Waals surface area contributed by atoms with E-state index in [1.165, 1.54) is 0 Å². The van der Waals surface area contributed by atoms with Crippen LogP contribution in [0.5, 0.6) is 0 Å². The van der Waals surface area contributed by atoms with Gasteiger partial charge in [-0.1, -0.05) is 6.08 Å². The predicted molar refractivity (Wildman–Crippen MR) is 137 cm³/mol. The van der Waals surface area contributed by atoms with E-state index in [0.29, 0.717) is 37.6 Å². The Labute approximate surface area is 209 Å². The standard InChI is InChI=1S/C26H31N7O3/c1-2-36-26(35)32-15-11-18(12-16-32)22-6-4-14-33-23(22)30-25(31-33)29-20-9-7-19(8-10-20)24(34)28-21-5-3-13-27-17-21/h4,6-11,14,21,27H,2-3,5,12-13,15-17H2,1H3,(H,28,34)(H,29,31)/t21-/m0/s1. The van der Waals surface area contributed by atoms with E-state index < -0.39 is 0 Å². The molecule has 1 atom stereocenters. The molecule has 0 saturated carbocycles. The first kappa shape index (κ1) is 23.8. The molecule has 5 rings (SSSR count). The Morgan fingerprint density at radius 2 is 2.08 bits per heavy atom. The van der Waals surface area contributed by atoms with Crippen LogP contribution >= 0.6 is 0 Å². The maximum absolute atomic E-state index is 12.6. The zero-order chi connectivity index (χ0) is 24.9. The summed E-state index contributed by atoms with van der Waals surface area (Å²) in [6.45, 7) is 5.11. The van der Waals surface area contributed by atoms with E-state index in [2.05, 4.69) is 21.0 Å². The maximum Gasteiger partial charge on any atom is 0.410 e. The summed E-state index contributed by atoms with van der Waals surface area (Å²) in [6, 6.07) is 11.5. The van der Waals surface area contributed by atoms with E-state index >= 15 is 0 Å². The minimum absolute atomic E-state index is 0.0620. The molecule has 188 valence electrons. The fourth-order valence-electron chi connectivity index (χ4n) is 4.58. The average molecular weight is 490 g/mol. The van der Waals surface area contributed by atoms with Gasteiger partial charge in [-0.2, -0.15) is 4.98 Å². The topological polar surface area (TPSA) is 113 Å². The van der Waals surface area contributed by atoms with E-state index in [1.54, 1.807) is 21.5 Å². The van der Waals surface area contributed by atoms with E-state index in [-0.39, 0.29) is 18.0 Å². The second kappa shape index (κ2) is 10.8. The number of anilines is 2. The number of rotatable bonds is 6. The smallest absolute Gasteiger partial charge is 0.410 e. The quantitative estimate of drug-likeness (QED) is 0.487. The van der Waals surface area contributed by atoms with Gasteiger partial charge in [0.25, 0.3) is 5.91 Å². The summed E-state index contributed by atoms with van der Waals surface area (Å²) in [6.07, 6.45) is 6.41. The average Bonchev–Trinajstić information content (AvgIpc) is 3.32. The minimum Gasteiger partial charge on any atom is -0.450 e. The van der Waals surface area contributed by atoms with Crippen LogP contribution in [-0.2, 0) is 4.74 Å². The van der Waals surface area contributed by atoms with E-state index in [9.17, 15) is 9.59 Å². The molecule has 0 aliphatic carbocycles. The van der Waals surface area contributed by atoms with Gasteiger partial charge < -0.3 is 25.6 Å². The SMILES string of the molecule is CCOC(=O)N1CC=C(c2cccn3nc(Nc4ccc(C(=O)N[C@H]5CCCNC5)cc4)nc23)CC1. The number of pyridine rings is 1. The molecule has 36 heavy (non-hydrogen) atoms. The Morgan fingerprint density at radius 1 is 1.22 bits per heavy atom. The van der Waals surface area contributed by atoms with Crippen molar-refractivity contribution in [2.24, 2.45) is 0 Å². The van der Waals surface area contributed by atoms with Crippen LogP contribution < -0.4 is 16.0 Å².